The summed E-state index contributed by atoms with van der Waals surface area (Å²) < 4.78 is 16.7. The lowest BCUT2D eigenvalue weighted by Gasteiger charge is -2.17. The number of ether oxygens (including phenoxy) is 3. The molecule has 7 nitrogen and oxygen atoms in total. The van der Waals surface area contributed by atoms with Gasteiger partial charge in [-0.05, 0) is 77.4 Å². The molecule has 1 aliphatic rings. The predicted octanol–water partition coefficient (Wildman–Crippen LogP) is 7.49. The summed E-state index contributed by atoms with van der Waals surface area (Å²) in [5, 5.41) is 12.1. The van der Waals surface area contributed by atoms with Crippen molar-refractivity contribution in [2.45, 2.75) is 66.7 Å². The van der Waals surface area contributed by atoms with E-state index in [0.717, 1.165) is 33.6 Å². The lowest BCUT2D eigenvalue weighted by Crippen LogP contribution is -2.40. The van der Waals surface area contributed by atoms with Crippen LogP contribution >= 0.6 is 11.8 Å². The number of fused-ring (bicyclic) bond motifs is 1. The quantitative estimate of drug-likeness (QED) is 0.242. The highest BCUT2D eigenvalue weighted by Crippen LogP contribution is 2.33. The minimum absolute atomic E-state index is 0.229. The first kappa shape index (κ1) is 33.7. The maximum atomic E-state index is 13.1. The zero-order chi connectivity index (χ0) is 30.2. The number of aliphatic carboxylic acids is 1. The number of hydrogen-bond donors (Lipinski definition) is 2. The average molecular weight is 582 g/mol. The number of hydrogen-bond acceptors (Lipinski definition) is 6. The predicted molar refractivity (Wildman–Crippen MR) is 167 cm³/mol. The first-order chi connectivity index (χ1) is 19.9. The van der Waals surface area contributed by atoms with Gasteiger partial charge in [-0.25, -0.2) is 4.79 Å². The topological polar surface area (TPSA) is 94.1 Å². The highest BCUT2D eigenvalue weighted by molar-refractivity contribution is 7.98. The highest BCUT2D eigenvalue weighted by atomic mass is 32.2. The molecule has 0 aliphatic carbocycles. The van der Waals surface area contributed by atoms with Crippen LogP contribution in [0, 0.1) is 6.92 Å². The minimum Gasteiger partial charge on any atom is -0.480 e. The maximum Gasteiger partial charge on any atom is 0.326 e. The Kier molecular flexibility index (Phi) is 14.8. The van der Waals surface area contributed by atoms with E-state index >= 15 is 0 Å². The van der Waals surface area contributed by atoms with Gasteiger partial charge < -0.3 is 24.6 Å². The number of carboxylic acid groups (broad SMARTS) is 1. The average Bonchev–Trinajstić information content (AvgIpc) is 3.46. The first-order valence-corrected chi connectivity index (χ1v) is 15.4. The largest absolute Gasteiger partial charge is 0.480 e. The third kappa shape index (κ3) is 10.1. The van der Waals surface area contributed by atoms with Crippen molar-refractivity contribution in [3.05, 3.63) is 82.9 Å². The van der Waals surface area contributed by atoms with Gasteiger partial charge in [-0.15, -0.1) is 0 Å². The summed E-state index contributed by atoms with van der Waals surface area (Å²) in [4.78, 5) is 24.7. The molecule has 0 spiro atoms. The highest BCUT2D eigenvalue weighted by Gasteiger charge is 2.22. The van der Waals surface area contributed by atoms with Gasteiger partial charge in [0.15, 0.2) is 11.5 Å². The van der Waals surface area contributed by atoms with Crippen LogP contribution in [0.2, 0.25) is 0 Å². The van der Waals surface area contributed by atoms with Gasteiger partial charge in [0.2, 0.25) is 6.79 Å². The number of carbonyl (C=O) groups is 2. The van der Waals surface area contributed by atoms with E-state index in [1.165, 1.54) is 5.75 Å². The van der Waals surface area contributed by atoms with Gasteiger partial charge in [-0.1, -0.05) is 70.5 Å². The van der Waals surface area contributed by atoms with Crippen LogP contribution in [-0.2, 0) is 22.7 Å². The summed E-state index contributed by atoms with van der Waals surface area (Å²) in [6.07, 6.45) is 3.12. The molecule has 1 unspecified atom stereocenters. The van der Waals surface area contributed by atoms with Crippen molar-refractivity contribution in [2.75, 3.05) is 18.8 Å². The molecule has 0 bridgehead atoms. The number of carboxylic acids is 1. The number of carbonyl (C=O) groups excluding carboxylic acids is 1. The molecule has 3 aromatic carbocycles. The standard InChI is InChI=1S/C28H29NO6.C3H8S.C2H6/c1-3-6-24(28(31)32)29-27(30)22-11-9-19(13-23(22)21-8-5-4-7-18(21)2)15-33-16-20-10-12-25-26(14-20)35-17-34-25;1-3-4-2;1-2/h4-5,7-14,24H,3,6,15-17H2,1-2H3,(H,29,30)(H,31,32);3H2,1-2H3;1-2H3. The van der Waals surface area contributed by atoms with Crippen LogP contribution in [0.4, 0.5) is 0 Å². The normalized spacial score (nSPS) is 11.9. The van der Waals surface area contributed by atoms with Crippen LogP contribution in [0.5, 0.6) is 11.5 Å². The zero-order valence-corrected chi connectivity index (χ0v) is 25.8. The van der Waals surface area contributed by atoms with Crippen LogP contribution in [0.1, 0.15) is 67.6 Å². The fraction of sp³-hybridized carbons (Fsp3) is 0.394. The maximum absolute atomic E-state index is 13.1. The molecule has 2 N–H and O–H groups in total. The number of benzene rings is 3. The molecule has 1 heterocycles. The second-order valence-corrected chi connectivity index (χ2v) is 10.3. The smallest absolute Gasteiger partial charge is 0.326 e. The van der Waals surface area contributed by atoms with Gasteiger partial charge in [0.25, 0.3) is 5.91 Å². The fourth-order valence-electron chi connectivity index (χ4n) is 4.08. The van der Waals surface area contributed by atoms with Gasteiger partial charge in [-0.2, -0.15) is 11.8 Å². The van der Waals surface area contributed by atoms with Crippen LogP contribution in [-0.4, -0.2) is 41.8 Å². The van der Waals surface area contributed by atoms with Crippen LogP contribution < -0.4 is 14.8 Å². The molecule has 4 rings (SSSR count). The Balaban J connectivity index is 0.000000902. The van der Waals surface area contributed by atoms with Crippen molar-refractivity contribution < 1.29 is 28.9 Å². The Morgan fingerprint density at radius 1 is 0.951 bits per heavy atom. The van der Waals surface area contributed by atoms with Crippen molar-refractivity contribution in [2.24, 2.45) is 0 Å². The van der Waals surface area contributed by atoms with Gasteiger partial charge in [0, 0.05) is 5.56 Å². The fourth-order valence-corrected chi connectivity index (χ4v) is 4.08. The van der Waals surface area contributed by atoms with Gasteiger partial charge in [-0.3, -0.25) is 4.79 Å². The molecular weight excluding hydrogens is 538 g/mol. The third-order valence-electron chi connectivity index (χ3n) is 6.21. The summed E-state index contributed by atoms with van der Waals surface area (Å²) in [6, 6.07) is 18.1. The van der Waals surface area contributed by atoms with Crippen molar-refractivity contribution in [3.63, 3.8) is 0 Å². The van der Waals surface area contributed by atoms with E-state index in [-0.39, 0.29) is 6.79 Å². The molecule has 3 aromatic rings. The van der Waals surface area contributed by atoms with Crippen molar-refractivity contribution in [1.29, 1.82) is 0 Å². The van der Waals surface area contributed by atoms with Crippen LogP contribution in [0.15, 0.2) is 60.7 Å². The summed E-state index contributed by atoms with van der Waals surface area (Å²) in [5.41, 5.74) is 4.98. The lowest BCUT2D eigenvalue weighted by atomic mass is 9.93. The van der Waals surface area contributed by atoms with E-state index in [2.05, 4.69) is 18.5 Å². The molecule has 0 fully saturated rings. The van der Waals surface area contributed by atoms with Crippen molar-refractivity contribution in [1.82, 2.24) is 5.32 Å². The van der Waals surface area contributed by atoms with E-state index in [0.29, 0.717) is 37.4 Å². The van der Waals surface area contributed by atoms with Crippen LogP contribution in [0.3, 0.4) is 0 Å². The Morgan fingerprint density at radius 2 is 1.59 bits per heavy atom. The molecule has 1 aliphatic heterocycles. The molecule has 0 saturated heterocycles. The van der Waals surface area contributed by atoms with E-state index in [1.807, 2.05) is 94.1 Å². The van der Waals surface area contributed by atoms with Gasteiger partial charge in [0.1, 0.15) is 6.04 Å². The van der Waals surface area contributed by atoms with E-state index in [1.54, 1.807) is 6.07 Å². The molecule has 1 atom stereocenters. The van der Waals surface area contributed by atoms with Crippen molar-refractivity contribution in [3.8, 4) is 22.6 Å². The van der Waals surface area contributed by atoms with Crippen LogP contribution in [0.25, 0.3) is 11.1 Å². The Labute approximate surface area is 248 Å². The van der Waals surface area contributed by atoms with E-state index in [9.17, 15) is 14.7 Å². The second-order valence-electron chi connectivity index (χ2n) is 9.11. The summed E-state index contributed by atoms with van der Waals surface area (Å²) in [5.74, 6) is 1.24. The first-order valence-electron chi connectivity index (χ1n) is 14.1. The molecule has 0 aromatic heterocycles. The third-order valence-corrected chi connectivity index (χ3v) is 6.79. The molecule has 1 amide bonds. The zero-order valence-electron chi connectivity index (χ0n) is 25.0. The molecule has 222 valence electrons. The Hall–Kier alpha value is -3.49. The minimum atomic E-state index is -1.04. The monoisotopic (exact) mass is 581 g/mol. The van der Waals surface area contributed by atoms with Crippen molar-refractivity contribution >= 4 is 23.6 Å². The Morgan fingerprint density at radius 3 is 2.22 bits per heavy atom. The second kappa shape index (κ2) is 18.0. The number of nitrogens with one attached hydrogen (secondary N) is 1. The molecule has 41 heavy (non-hydrogen) atoms. The van der Waals surface area contributed by atoms with E-state index in [4.69, 9.17) is 14.2 Å². The molecule has 0 radical (unpaired) electrons. The Bertz CT molecular complexity index is 1260. The lowest BCUT2D eigenvalue weighted by molar-refractivity contribution is -0.139. The summed E-state index contributed by atoms with van der Waals surface area (Å²) in [6.45, 7) is 11.0. The van der Waals surface area contributed by atoms with Gasteiger partial charge >= 0.3 is 5.97 Å². The number of amides is 1. The summed E-state index contributed by atoms with van der Waals surface area (Å²) >= 11 is 1.86. The number of rotatable bonds is 11. The van der Waals surface area contributed by atoms with E-state index < -0.39 is 17.9 Å². The SMILES string of the molecule is CC.CCCC(NC(=O)c1ccc(COCc2ccc3c(c2)OCO3)cc1-c1ccccc1C)C(=O)O.CCSC. The molecule has 0 saturated carbocycles. The number of aryl methyl sites for hydroxylation is 1. The van der Waals surface area contributed by atoms with Gasteiger partial charge in [0.05, 0.1) is 13.2 Å². The summed E-state index contributed by atoms with van der Waals surface area (Å²) in [7, 11) is 0. The molecular formula is C33H43NO6S. The number of thioether (sulfide) groups is 1. The molecule has 8 heteroatoms.